The molecule has 0 heterocycles. The fourth-order valence-electron chi connectivity index (χ4n) is 1.67. The minimum Gasteiger partial charge on any atom is -0.469 e. The molecule has 19 heavy (non-hydrogen) atoms. The van der Waals surface area contributed by atoms with Gasteiger partial charge in [-0.3, -0.25) is 9.59 Å². The SMILES string of the molecule is COC(=O)CCP(CCC(=O)OC)c1ccccc1. The van der Waals surface area contributed by atoms with E-state index in [1.54, 1.807) is 0 Å². The molecule has 0 aliphatic carbocycles. The number of carbonyl (C=O) groups excluding carboxylic acids is 2. The zero-order valence-electron chi connectivity index (χ0n) is 11.3. The zero-order chi connectivity index (χ0) is 14.1. The van der Waals surface area contributed by atoms with Crippen molar-refractivity contribution in [3.05, 3.63) is 30.3 Å². The van der Waals surface area contributed by atoms with Gasteiger partial charge in [0.25, 0.3) is 0 Å². The molecule has 104 valence electrons. The number of hydrogen-bond acceptors (Lipinski definition) is 4. The number of methoxy groups -OCH3 is 2. The second kappa shape index (κ2) is 8.65. The number of ether oxygens (including phenoxy) is 2. The Bertz CT molecular complexity index is 385. The van der Waals surface area contributed by atoms with Gasteiger partial charge < -0.3 is 9.47 Å². The van der Waals surface area contributed by atoms with E-state index in [1.807, 2.05) is 30.3 Å². The fraction of sp³-hybridized carbons (Fsp3) is 0.429. The van der Waals surface area contributed by atoms with Gasteiger partial charge in [0.1, 0.15) is 0 Å². The van der Waals surface area contributed by atoms with Gasteiger partial charge in [0.05, 0.1) is 14.2 Å². The van der Waals surface area contributed by atoms with Crippen molar-refractivity contribution in [2.75, 3.05) is 26.5 Å². The van der Waals surface area contributed by atoms with Gasteiger partial charge >= 0.3 is 11.9 Å². The van der Waals surface area contributed by atoms with Crippen LogP contribution in [0.4, 0.5) is 0 Å². The molecular formula is C14H19O4P. The third-order valence-corrected chi connectivity index (χ3v) is 5.30. The molecule has 0 saturated heterocycles. The summed E-state index contributed by atoms with van der Waals surface area (Å²) in [6.07, 6.45) is 2.25. The standard InChI is InChI=1S/C14H19O4P/c1-17-13(15)8-10-19(11-9-14(16)18-2)12-6-4-3-5-7-12/h3-7H,8-11H2,1-2H3. The molecule has 0 unspecified atom stereocenters. The van der Waals surface area contributed by atoms with Crippen LogP contribution in [0.3, 0.4) is 0 Å². The normalized spacial score (nSPS) is 10.3. The number of esters is 2. The van der Waals surface area contributed by atoms with Crippen LogP contribution in [-0.2, 0) is 19.1 Å². The zero-order valence-corrected chi connectivity index (χ0v) is 12.2. The Balaban J connectivity index is 2.62. The molecule has 0 spiro atoms. The lowest BCUT2D eigenvalue weighted by Gasteiger charge is -2.17. The van der Waals surface area contributed by atoms with E-state index >= 15 is 0 Å². The minimum absolute atomic E-state index is 0.207. The van der Waals surface area contributed by atoms with Crippen LogP contribution in [0.2, 0.25) is 0 Å². The van der Waals surface area contributed by atoms with Crippen molar-refractivity contribution in [1.29, 1.82) is 0 Å². The van der Waals surface area contributed by atoms with E-state index in [9.17, 15) is 9.59 Å². The van der Waals surface area contributed by atoms with E-state index < -0.39 is 7.92 Å². The van der Waals surface area contributed by atoms with Crippen molar-refractivity contribution in [3.8, 4) is 0 Å². The van der Waals surface area contributed by atoms with Gasteiger partial charge in [0.2, 0.25) is 0 Å². The molecule has 4 nitrogen and oxygen atoms in total. The van der Waals surface area contributed by atoms with E-state index in [4.69, 9.17) is 0 Å². The van der Waals surface area contributed by atoms with E-state index in [2.05, 4.69) is 9.47 Å². The fourth-order valence-corrected chi connectivity index (χ4v) is 3.90. The summed E-state index contributed by atoms with van der Waals surface area (Å²) in [5, 5.41) is 1.20. The van der Waals surface area contributed by atoms with Crippen LogP contribution < -0.4 is 5.30 Å². The molecule has 0 N–H and O–H groups in total. The smallest absolute Gasteiger partial charge is 0.305 e. The van der Waals surface area contributed by atoms with E-state index in [-0.39, 0.29) is 11.9 Å². The molecule has 0 saturated carbocycles. The molecule has 0 atom stereocenters. The Morgan fingerprint density at radius 3 is 1.84 bits per heavy atom. The van der Waals surface area contributed by atoms with E-state index in [1.165, 1.54) is 19.5 Å². The monoisotopic (exact) mass is 282 g/mol. The molecule has 1 rings (SSSR count). The maximum atomic E-state index is 11.2. The molecule has 0 aromatic heterocycles. The summed E-state index contributed by atoms with van der Waals surface area (Å²) in [5.41, 5.74) is 0. The highest BCUT2D eigenvalue weighted by molar-refractivity contribution is 7.65. The van der Waals surface area contributed by atoms with E-state index in [0.717, 1.165) is 12.3 Å². The number of hydrogen-bond donors (Lipinski definition) is 0. The summed E-state index contributed by atoms with van der Waals surface area (Å²) in [6.45, 7) is 0. The summed E-state index contributed by atoms with van der Waals surface area (Å²) < 4.78 is 9.33. The highest BCUT2D eigenvalue weighted by atomic mass is 31.1. The summed E-state index contributed by atoms with van der Waals surface area (Å²) in [4.78, 5) is 22.5. The predicted molar refractivity (Wildman–Crippen MR) is 76.0 cm³/mol. The summed E-state index contributed by atoms with van der Waals surface area (Å²) in [6, 6.07) is 9.99. The third kappa shape index (κ3) is 5.84. The Morgan fingerprint density at radius 1 is 0.947 bits per heavy atom. The first-order valence-electron chi connectivity index (χ1n) is 6.11. The van der Waals surface area contributed by atoms with Crippen molar-refractivity contribution in [2.45, 2.75) is 12.8 Å². The average molecular weight is 282 g/mol. The van der Waals surface area contributed by atoms with Crippen molar-refractivity contribution in [3.63, 3.8) is 0 Å². The van der Waals surface area contributed by atoms with Crippen LogP contribution in [0.5, 0.6) is 0 Å². The van der Waals surface area contributed by atoms with Gasteiger partial charge in [-0.1, -0.05) is 38.3 Å². The first-order chi connectivity index (χ1) is 9.17. The number of rotatable bonds is 7. The van der Waals surface area contributed by atoms with Crippen LogP contribution in [0.15, 0.2) is 30.3 Å². The molecule has 5 heteroatoms. The third-order valence-electron chi connectivity index (χ3n) is 2.75. The molecule has 0 aliphatic rings. The number of carbonyl (C=O) groups is 2. The largest absolute Gasteiger partial charge is 0.469 e. The van der Waals surface area contributed by atoms with Crippen LogP contribution in [0.1, 0.15) is 12.8 Å². The van der Waals surface area contributed by atoms with E-state index in [0.29, 0.717) is 12.8 Å². The first-order valence-corrected chi connectivity index (χ1v) is 7.82. The molecule has 0 amide bonds. The summed E-state index contributed by atoms with van der Waals surface area (Å²) in [7, 11) is 2.25. The summed E-state index contributed by atoms with van der Waals surface area (Å²) >= 11 is 0. The molecule has 1 aromatic rings. The maximum Gasteiger partial charge on any atom is 0.305 e. The first kappa shape index (κ1) is 15.6. The lowest BCUT2D eigenvalue weighted by atomic mass is 10.4. The second-order valence-electron chi connectivity index (χ2n) is 3.97. The average Bonchev–Trinajstić information content (AvgIpc) is 2.47. The molecule has 0 bridgehead atoms. The minimum atomic E-state index is -0.534. The van der Waals surface area contributed by atoms with Gasteiger partial charge in [-0.2, -0.15) is 0 Å². The van der Waals surface area contributed by atoms with Gasteiger partial charge in [0.15, 0.2) is 0 Å². The van der Waals surface area contributed by atoms with Gasteiger partial charge in [-0.15, -0.1) is 0 Å². The van der Waals surface area contributed by atoms with Gasteiger partial charge in [0, 0.05) is 12.8 Å². The Morgan fingerprint density at radius 2 is 1.42 bits per heavy atom. The molecule has 0 radical (unpaired) electrons. The highest BCUT2D eigenvalue weighted by Gasteiger charge is 2.15. The van der Waals surface area contributed by atoms with Crippen LogP contribution in [0, 0.1) is 0 Å². The van der Waals surface area contributed by atoms with Crippen LogP contribution >= 0.6 is 7.92 Å². The summed E-state index contributed by atoms with van der Waals surface area (Å²) in [5.74, 6) is -0.414. The molecule has 0 aliphatic heterocycles. The Labute approximate surface area is 114 Å². The number of benzene rings is 1. The predicted octanol–water partition coefficient (Wildman–Crippen LogP) is 1.92. The van der Waals surface area contributed by atoms with Crippen LogP contribution in [0.25, 0.3) is 0 Å². The maximum absolute atomic E-state index is 11.2. The highest BCUT2D eigenvalue weighted by Crippen LogP contribution is 2.36. The van der Waals surface area contributed by atoms with Crippen molar-refractivity contribution in [1.82, 2.24) is 0 Å². The van der Waals surface area contributed by atoms with Gasteiger partial charge in [-0.25, -0.2) is 0 Å². The van der Waals surface area contributed by atoms with Gasteiger partial charge in [-0.05, 0) is 17.6 Å². The van der Waals surface area contributed by atoms with Crippen LogP contribution in [-0.4, -0.2) is 38.5 Å². The quantitative estimate of drug-likeness (QED) is 0.566. The second-order valence-corrected chi connectivity index (χ2v) is 6.47. The van der Waals surface area contributed by atoms with Crippen molar-refractivity contribution in [2.24, 2.45) is 0 Å². The van der Waals surface area contributed by atoms with Crippen molar-refractivity contribution < 1.29 is 19.1 Å². The van der Waals surface area contributed by atoms with Crippen molar-refractivity contribution >= 4 is 25.2 Å². The molecule has 1 aromatic carbocycles. The molecular weight excluding hydrogens is 263 g/mol. The lowest BCUT2D eigenvalue weighted by molar-refractivity contribution is -0.140. The topological polar surface area (TPSA) is 52.6 Å². The Kier molecular flexibility index (Phi) is 7.12. The Hall–Kier alpha value is -1.41. The molecule has 0 fully saturated rings. The lowest BCUT2D eigenvalue weighted by Crippen LogP contribution is -2.12.